The van der Waals surface area contributed by atoms with Crippen molar-refractivity contribution in [3.63, 3.8) is 0 Å². The van der Waals surface area contributed by atoms with E-state index >= 15 is 0 Å². The molecule has 0 aliphatic heterocycles. The molecule has 0 unspecified atom stereocenters. The quantitative estimate of drug-likeness (QED) is 0.333. The lowest BCUT2D eigenvalue weighted by Gasteiger charge is -2.18. The summed E-state index contributed by atoms with van der Waals surface area (Å²) in [7, 11) is 0. The molecule has 0 aromatic heterocycles. The Morgan fingerprint density at radius 1 is 1.44 bits per heavy atom. The highest BCUT2D eigenvalue weighted by Gasteiger charge is 2.22. The van der Waals surface area contributed by atoms with Crippen molar-refractivity contribution in [3.8, 4) is 0 Å². The summed E-state index contributed by atoms with van der Waals surface area (Å²) < 4.78 is 0. The Kier molecular flexibility index (Phi) is 4.19. The minimum absolute atomic E-state index is 0.0365. The fourth-order valence-corrected chi connectivity index (χ4v) is 1.37. The van der Waals surface area contributed by atoms with Gasteiger partial charge in [-0.05, 0) is 18.2 Å². The van der Waals surface area contributed by atoms with Gasteiger partial charge in [0, 0.05) is 11.0 Å². The fourth-order valence-electron chi connectivity index (χ4n) is 1.14. The Morgan fingerprint density at radius 2 is 2.06 bits per heavy atom. The van der Waals surface area contributed by atoms with E-state index in [1.807, 2.05) is 0 Å². The van der Waals surface area contributed by atoms with Crippen molar-refractivity contribution in [2.45, 2.75) is 20.8 Å². The number of amides is 1. The van der Waals surface area contributed by atoms with Crippen LogP contribution in [0.4, 0.5) is 5.69 Å². The summed E-state index contributed by atoms with van der Waals surface area (Å²) >= 11 is 6.02. The molecule has 0 bridgehead atoms. The molecule has 0 aliphatic rings. The fraction of sp³-hybridized carbons (Fsp3) is 0.333. The number of halogens is 1. The maximum atomic E-state index is 11.8. The van der Waals surface area contributed by atoms with E-state index < -0.39 is 5.41 Å². The average Bonchev–Trinajstić information content (AvgIpc) is 2.29. The van der Waals surface area contributed by atoms with Gasteiger partial charge in [0.25, 0.3) is 0 Å². The lowest BCUT2D eigenvalue weighted by atomic mass is 9.95. The van der Waals surface area contributed by atoms with Gasteiger partial charge in [-0.1, -0.05) is 37.5 Å². The maximum absolute atomic E-state index is 11.8. The zero-order chi connectivity index (χ0) is 13.9. The summed E-state index contributed by atoms with van der Waals surface area (Å²) in [5, 5.41) is 14.5. The number of anilines is 1. The van der Waals surface area contributed by atoms with Crippen LogP contribution in [0.15, 0.2) is 23.4 Å². The van der Waals surface area contributed by atoms with Crippen molar-refractivity contribution in [1.82, 2.24) is 0 Å². The third-order valence-electron chi connectivity index (χ3n) is 2.30. The Bertz CT molecular complexity index is 493. The minimum Gasteiger partial charge on any atom is -0.409 e. The summed E-state index contributed by atoms with van der Waals surface area (Å²) in [6.07, 6.45) is 0. The molecule has 0 atom stereocenters. The molecular formula is C12H16ClN3O2. The van der Waals surface area contributed by atoms with E-state index in [9.17, 15) is 4.79 Å². The Hall–Kier alpha value is -1.75. The minimum atomic E-state index is -0.506. The number of amidine groups is 1. The van der Waals surface area contributed by atoms with E-state index in [0.29, 0.717) is 16.3 Å². The molecule has 5 nitrogen and oxygen atoms in total. The van der Waals surface area contributed by atoms with E-state index in [0.717, 1.165) is 0 Å². The Morgan fingerprint density at radius 3 is 2.50 bits per heavy atom. The number of benzene rings is 1. The number of rotatable bonds is 2. The second kappa shape index (κ2) is 5.27. The predicted octanol–water partition coefficient (Wildman–Crippen LogP) is 2.42. The first kappa shape index (κ1) is 14.3. The van der Waals surface area contributed by atoms with Crippen LogP contribution >= 0.6 is 11.6 Å². The van der Waals surface area contributed by atoms with Gasteiger partial charge < -0.3 is 16.3 Å². The third-order valence-corrected chi connectivity index (χ3v) is 2.61. The number of carbonyl (C=O) groups excluding carboxylic acids is 1. The lowest BCUT2D eigenvalue weighted by molar-refractivity contribution is -0.123. The van der Waals surface area contributed by atoms with Crippen molar-refractivity contribution in [2.75, 3.05) is 5.32 Å². The molecule has 1 rings (SSSR count). The molecule has 1 aromatic rings. The van der Waals surface area contributed by atoms with Crippen molar-refractivity contribution >= 4 is 29.0 Å². The number of nitrogens with zero attached hydrogens (tertiary/aromatic N) is 1. The van der Waals surface area contributed by atoms with Crippen molar-refractivity contribution in [3.05, 3.63) is 28.8 Å². The van der Waals surface area contributed by atoms with Gasteiger partial charge in [-0.15, -0.1) is 0 Å². The third kappa shape index (κ3) is 3.37. The second-order valence-corrected chi connectivity index (χ2v) is 5.29. The van der Waals surface area contributed by atoms with Gasteiger partial charge in [-0.3, -0.25) is 4.79 Å². The molecule has 0 saturated heterocycles. The van der Waals surface area contributed by atoms with Gasteiger partial charge in [0.15, 0.2) is 5.84 Å². The Labute approximate surface area is 111 Å². The molecule has 0 saturated carbocycles. The number of oxime groups is 1. The largest absolute Gasteiger partial charge is 0.409 e. The zero-order valence-corrected chi connectivity index (χ0v) is 11.2. The SMILES string of the molecule is CC(C)(C)C(=O)Nc1ccc(/C(N)=N/O)cc1Cl. The van der Waals surface area contributed by atoms with Crippen LogP contribution in [0.3, 0.4) is 0 Å². The van der Waals surface area contributed by atoms with Crippen molar-refractivity contribution < 1.29 is 10.0 Å². The molecule has 0 aliphatic carbocycles. The van der Waals surface area contributed by atoms with E-state index in [1.54, 1.807) is 32.9 Å². The highest BCUT2D eigenvalue weighted by atomic mass is 35.5. The van der Waals surface area contributed by atoms with Crippen LogP contribution in [0.5, 0.6) is 0 Å². The van der Waals surface area contributed by atoms with Crippen LogP contribution in [0.2, 0.25) is 5.02 Å². The monoisotopic (exact) mass is 269 g/mol. The zero-order valence-electron chi connectivity index (χ0n) is 10.5. The summed E-state index contributed by atoms with van der Waals surface area (Å²) in [6.45, 7) is 5.42. The van der Waals surface area contributed by atoms with Crippen LogP contribution in [-0.2, 0) is 4.79 Å². The van der Waals surface area contributed by atoms with E-state index in [-0.39, 0.29) is 11.7 Å². The number of hydrogen-bond donors (Lipinski definition) is 3. The molecule has 18 heavy (non-hydrogen) atoms. The van der Waals surface area contributed by atoms with Gasteiger partial charge in [0.1, 0.15) is 0 Å². The van der Waals surface area contributed by atoms with Crippen LogP contribution in [-0.4, -0.2) is 17.0 Å². The van der Waals surface area contributed by atoms with Gasteiger partial charge >= 0.3 is 0 Å². The molecule has 1 aromatic carbocycles. The van der Waals surface area contributed by atoms with Gasteiger partial charge in [0.05, 0.1) is 10.7 Å². The first-order valence-electron chi connectivity index (χ1n) is 5.34. The maximum Gasteiger partial charge on any atom is 0.229 e. The molecule has 1 amide bonds. The Balaban J connectivity index is 2.97. The van der Waals surface area contributed by atoms with Gasteiger partial charge in [-0.2, -0.15) is 0 Å². The van der Waals surface area contributed by atoms with E-state index in [4.69, 9.17) is 22.5 Å². The smallest absolute Gasteiger partial charge is 0.229 e. The molecular weight excluding hydrogens is 254 g/mol. The first-order valence-corrected chi connectivity index (χ1v) is 5.72. The van der Waals surface area contributed by atoms with Crippen LogP contribution in [0, 0.1) is 5.41 Å². The molecule has 0 radical (unpaired) electrons. The summed E-state index contributed by atoms with van der Waals surface area (Å²) in [6, 6.07) is 4.74. The van der Waals surface area contributed by atoms with Crippen LogP contribution in [0.1, 0.15) is 26.3 Å². The summed E-state index contributed by atoms with van der Waals surface area (Å²) in [5.74, 6) is -0.174. The standard InChI is InChI=1S/C12H16ClN3O2/c1-12(2,3)11(17)15-9-5-4-7(6-8(9)13)10(14)16-18/h4-6,18H,1-3H3,(H2,14,16)(H,15,17). The topological polar surface area (TPSA) is 87.7 Å². The number of nitrogens with one attached hydrogen (secondary N) is 1. The summed E-state index contributed by atoms with van der Waals surface area (Å²) in [5.41, 5.74) is 5.91. The molecule has 0 heterocycles. The molecule has 0 fully saturated rings. The van der Waals surface area contributed by atoms with Crippen LogP contribution in [0.25, 0.3) is 0 Å². The van der Waals surface area contributed by atoms with Gasteiger partial charge in [-0.25, -0.2) is 0 Å². The lowest BCUT2D eigenvalue weighted by Crippen LogP contribution is -2.27. The molecule has 6 heteroatoms. The van der Waals surface area contributed by atoms with Gasteiger partial charge in [0.2, 0.25) is 5.91 Å². The summed E-state index contributed by atoms with van der Waals surface area (Å²) in [4.78, 5) is 11.8. The molecule has 4 N–H and O–H groups in total. The first-order chi connectivity index (χ1) is 8.25. The number of hydrogen-bond acceptors (Lipinski definition) is 3. The molecule has 0 spiro atoms. The molecule has 98 valence electrons. The van der Waals surface area contributed by atoms with E-state index in [2.05, 4.69) is 10.5 Å². The van der Waals surface area contributed by atoms with Crippen molar-refractivity contribution in [2.24, 2.45) is 16.3 Å². The highest BCUT2D eigenvalue weighted by molar-refractivity contribution is 6.34. The second-order valence-electron chi connectivity index (χ2n) is 4.88. The van der Waals surface area contributed by atoms with Crippen molar-refractivity contribution in [1.29, 1.82) is 0 Å². The van der Waals surface area contributed by atoms with Crippen LogP contribution < -0.4 is 11.1 Å². The normalized spacial score (nSPS) is 12.3. The van der Waals surface area contributed by atoms with E-state index in [1.165, 1.54) is 6.07 Å². The average molecular weight is 270 g/mol. The number of carbonyl (C=O) groups is 1. The highest BCUT2D eigenvalue weighted by Crippen LogP contribution is 2.25. The number of nitrogens with two attached hydrogens (primary N) is 1. The predicted molar refractivity (Wildman–Crippen MR) is 72.0 cm³/mol.